The predicted molar refractivity (Wildman–Crippen MR) is 99.9 cm³/mol. The van der Waals surface area contributed by atoms with Gasteiger partial charge in [0.05, 0.1) is 5.69 Å². The van der Waals surface area contributed by atoms with E-state index in [0.717, 1.165) is 0 Å². The van der Waals surface area contributed by atoms with Crippen LogP contribution in [0, 0.1) is 12.7 Å². The number of aryl methyl sites for hydroxylation is 1. The minimum absolute atomic E-state index is 0.160. The number of benzene rings is 1. The average Bonchev–Trinajstić information content (AvgIpc) is 3.35. The molecule has 0 atom stereocenters. The van der Waals surface area contributed by atoms with Crippen molar-refractivity contribution in [2.45, 2.75) is 6.92 Å². The molecule has 7 nitrogen and oxygen atoms in total. The maximum absolute atomic E-state index is 13.0. The summed E-state index contributed by atoms with van der Waals surface area (Å²) in [5.74, 6) is 0.00493. The van der Waals surface area contributed by atoms with E-state index in [4.69, 9.17) is 8.94 Å². The normalized spacial score (nSPS) is 10.9. The van der Waals surface area contributed by atoms with Gasteiger partial charge in [-0.3, -0.25) is 10.1 Å². The quantitative estimate of drug-likeness (QED) is 0.476. The molecule has 0 unspecified atom stereocenters. The fourth-order valence-electron chi connectivity index (χ4n) is 2.28. The van der Waals surface area contributed by atoms with Crippen LogP contribution in [0.5, 0.6) is 0 Å². The minimum Gasteiger partial charge on any atom is -0.444 e. The molecule has 3 aromatic heterocycles. The van der Waals surface area contributed by atoms with E-state index in [2.05, 4.69) is 36.4 Å². The number of aromatic nitrogens is 3. The van der Waals surface area contributed by atoms with E-state index in [1.54, 1.807) is 31.2 Å². The molecule has 0 radical (unpaired) electrons. The first kappa shape index (κ1) is 17.6. The van der Waals surface area contributed by atoms with E-state index in [1.165, 1.54) is 23.5 Å². The Labute approximate surface area is 164 Å². The van der Waals surface area contributed by atoms with Crippen molar-refractivity contribution >= 4 is 38.3 Å². The van der Waals surface area contributed by atoms with Crippen molar-refractivity contribution in [3.63, 3.8) is 0 Å². The van der Waals surface area contributed by atoms with Crippen LogP contribution in [-0.2, 0) is 0 Å². The van der Waals surface area contributed by atoms with E-state index in [9.17, 15) is 9.18 Å². The maximum Gasteiger partial charge on any atom is 0.293 e. The number of nitrogens with zero attached hydrogens (tertiary/aromatic N) is 3. The molecule has 0 saturated carbocycles. The van der Waals surface area contributed by atoms with Gasteiger partial charge in [-0.25, -0.2) is 9.37 Å². The summed E-state index contributed by atoms with van der Waals surface area (Å²) in [5, 5.41) is 6.96. The molecule has 10 heteroatoms. The molecule has 1 amide bonds. The highest BCUT2D eigenvalue weighted by Gasteiger charge is 2.19. The van der Waals surface area contributed by atoms with E-state index in [1.807, 2.05) is 0 Å². The molecule has 4 aromatic rings. The zero-order chi connectivity index (χ0) is 19.0. The van der Waals surface area contributed by atoms with Gasteiger partial charge in [0.2, 0.25) is 5.82 Å². The second kappa shape index (κ2) is 7.05. The van der Waals surface area contributed by atoms with Crippen molar-refractivity contribution in [1.82, 2.24) is 15.1 Å². The van der Waals surface area contributed by atoms with Gasteiger partial charge in [0, 0.05) is 5.56 Å². The fourth-order valence-corrected chi connectivity index (χ4v) is 3.47. The van der Waals surface area contributed by atoms with Gasteiger partial charge in [-0.2, -0.15) is 4.98 Å². The molecule has 0 saturated heterocycles. The zero-order valence-electron chi connectivity index (χ0n) is 13.7. The summed E-state index contributed by atoms with van der Waals surface area (Å²) < 4.78 is 24.0. The molecule has 0 bridgehead atoms. The highest BCUT2D eigenvalue weighted by Crippen LogP contribution is 2.33. The summed E-state index contributed by atoms with van der Waals surface area (Å²) in [5.41, 5.74) is 1.26. The highest BCUT2D eigenvalue weighted by molar-refractivity contribution is 9.10. The van der Waals surface area contributed by atoms with Crippen molar-refractivity contribution in [2.24, 2.45) is 0 Å². The topological polar surface area (TPSA) is 94.1 Å². The Balaban J connectivity index is 1.56. The third-order valence-corrected chi connectivity index (χ3v) is 5.02. The molecule has 0 fully saturated rings. The van der Waals surface area contributed by atoms with Crippen LogP contribution >= 0.6 is 27.3 Å². The largest absolute Gasteiger partial charge is 0.444 e. The summed E-state index contributed by atoms with van der Waals surface area (Å²) in [6.45, 7) is 1.77. The van der Waals surface area contributed by atoms with Gasteiger partial charge in [0.25, 0.3) is 11.8 Å². The summed E-state index contributed by atoms with van der Waals surface area (Å²) >= 11 is 4.35. The summed E-state index contributed by atoms with van der Waals surface area (Å²) in [6, 6.07) is 8.96. The van der Waals surface area contributed by atoms with Crippen LogP contribution in [0.15, 0.2) is 50.0 Å². The van der Waals surface area contributed by atoms with Gasteiger partial charge < -0.3 is 8.94 Å². The molecule has 0 spiro atoms. The number of carbonyl (C=O) groups is 1. The first-order valence-electron chi connectivity index (χ1n) is 7.64. The van der Waals surface area contributed by atoms with E-state index >= 15 is 0 Å². The molecule has 1 aromatic carbocycles. The number of halogens is 2. The second-order valence-electron chi connectivity index (χ2n) is 5.42. The number of anilines is 1. The Morgan fingerprint density at radius 1 is 1.19 bits per heavy atom. The van der Waals surface area contributed by atoms with Crippen LogP contribution in [0.2, 0.25) is 0 Å². The van der Waals surface area contributed by atoms with Crippen LogP contribution in [0.1, 0.15) is 16.2 Å². The first-order valence-corrected chi connectivity index (χ1v) is 9.24. The average molecular weight is 449 g/mol. The van der Waals surface area contributed by atoms with Crippen molar-refractivity contribution in [1.29, 1.82) is 0 Å². The van der Waals surface area contributed by atoms with Gasteiger partial charge in [0.15, 0.2) is 15.6 Å². The lowest BCUT2D eigenvalue weighted by Crippen LogP contribution is -2.10. The second-order valence-corrected chi connectivity index (χ2v) is 7.20. The molecular formula is C17H10BrFN4O3S. The molecule has 0 aliphatic carbocycles. The van der Waals surface area contributed by atoms with Crippen LogP contribution in [0.25, 0.3) is 22.2 Å². The Bertz CT molecular complexity index is 1120. The van der Waals surface area contributed by atoms with E-state index < -0.39 is 5.91 Å². The van der Waals surface area contributed by atoms with Gasteiger partial charge >= 0.3 is 0 Å². The standard InChI is InChI=1S/C17H10BrFN4O3S/c1-8-13(16-21-14(23-26-16)9-2-4-10(19)5-3-9)27-17(20-8)22-15(24)11-6-7-12(18)25-11/h2-7H,1H3,(H,20,22,24). The molecule has 27 heavy (non-hydrogen) atoms. The SMILES string of the molecule is Cc1nc(NC(=O)c2ccc(Br)o2)sc1-c1nc(-c2ccc(F)cc2)no1. The van der Waals surface area contributed by atoms with Crippen LogP contribution < -0.4 is 5.32 Å². The number of carbonyl (C=O) groups excluding carboxylic acids is 1. The lowest BCUT2D eigenvalue weighted by Gasteiger charge is -1.96. The van der Waals surface area contributed by atoms with E-state index in [-0.39, 0.29) is 17.5 Å². The summed E-state index contributed by atoms with van der Waals surface area (Å²) in [7, 11) is 0. The highest BCUT2D eigenvalue weighted by atomic mass is 79.9. The number of hydrogen-bond donors (Lipinski definition) is 1. The zero-order valence-corrected chi connectivity index (χ0v) is 16.1. The van der Waals surface area contributed by atoms with Crippen LogP contribution in [0.3, 0.4) is 0 Å². The fraction of sp³-hybridized carbons (Fsp3) is 0.0588. The van der Waals surface area contributed by atoms with E-state index in [0.29, 0.717) is 31.8 Å². The predicted octanol–water partition coefficient (Wildman–Crippen LogP) is 4.92. The number of rotatable bonds is 4. The maximum atomic E-state index is 13.0. The van der Waals surface area contributed by atoms with Gasteiger partial charge in [0.1, 0.15) is 10.7 Å². The number of hydrogen-bond acceptors (Lipinski definition) is 7. The van der Waals surface area contributed by atoms with Crippen molar-refractivity contribution in [3.05, 3.63) is 58.3 Å². The molecule has 0 aliphatic rings. The summed E-state index contributed by atoms with van der Waals surface area (Å²) in [6.07, 6.45) is 0. The third-order valence-electron chi connectivity index (χ3n) is 3.54. The minimum atomic E-state index is -0.418. The molecule has 1 N–H and O–H groups in total. The number of thiazole rings is 1. The monoisotopic (exact) mass is 448 g/mol. The smallest absolute Gasteiger partial charge is 0.293 e. The molecule has 136 valence electrons. The van der Waals surface area contributed by atoms with Crippen LogP contribution in [-0.4, -0.2) is 21.0 Å². The Morgan fingerprint density at radius 2 is 1.96 bits per heavy atom. The Morgan fingerprint density at radius 3 is 2.67 bits per heavy atom. The van der Waals surface area contributed by atoms with Gasteiger partial charge in [-0.05, 0) is 59.3 Å². The van der Waals surface area contributed by atoms with Gasteiger partial charge in [-0.1, -0.05) is 16.5 Å². The lowest BCUT2D eigenvalue weighted by atomic mass is 10.2. The van der Waals surface area contributed by atoms with Crippen LogP contribution in [0.4, 0.5) is 9.52 Å². The molecular weight excluding hydrogens is 439 g/mol. The molecule has 4 rings (SSSR count). The number of amides is 1. The van der Waals surface area contributed by atoms with Gasteiger partial charge in [-0.15, -0.1) is 0 Å². The Kier molecular flexibility index (Phi) is 4.58. The lowest BCUT2D eigenvalue weighted by molar-refractivity contribution is 0.0995. The molecule has 0 aliphatic heterocycles. The summed E-state index contributed by atoms with van der Waals surface area (Å²) in [4.78, 5) is 21.4. The molecule has 3 heterocycles. The van der Waals surface area contributed by atoms with Crippen molar-refractivity contribution in [2.75, 3.05) is 5.32 Å². The first-order chi connectivity index (χ1) is 13.0. The number of furan rings is 1. The Hall–Kier alpha value is -2.85. The van der Waals surface area contributed by atoms with Crippen molar-refractivity contribution in [3.8, 4) is 22.2 Å². The van der Waals surface area contributed by atoms with Crippen molar-refractivity contribution < 1.29 is 18.1 Å². The number of nitrogens with one attached hydrogen (secondary N) is 1. The third kappa shape index (κ3) is 3.67.